The van der Waals surface area contributed by atoms with Crippen molar-refractivity contribution in [3.8, 4) is 5.13 Å². The molecule has 0 aromatic carbocycles. The van der Waals surface area contributed by atoms with Gasteiger partial charge in [-0.1, -0.05) is 13.8 Å². The highest BCUT2D eigenvalue weighted by Crippen LogP contribution is 2.43. The minimum absolute atomic E-state index is 0.140. The van der Waals surface area contributed by atoms with Crippen molar-refractivity contribution in [3.05, 3.63) is 34.1 Å². The van der Waals surface area contributed by atoms with Gasteiger partial charge in [0, 0.05) is 22.3 Å². The summed E-state index contributed by atoms with van der Waals surface area (Å²) < 4.78 is 2.22. The Morgan fingerprint density at radius 2 is 2.16 bits per heavy atom. The van der Waals surface area contributed by atoms with Crippen LogP contribution in [0.15, 0.2) is 11.4 Å². The van der Waals surface area contributed by atoms with E-state index in [0.29, 0.717) is 0 Å². The van der Waals surface area contributed by atoms with Crippen LogP contribution in [0.2, 0.25) is 0 Å². The molecule has 2 heterocycles. The van der Waals surface area contributed by atoms with Gasteiger partial charge in [-0.25, -0.2) is 4.98 Å². The molecule has 2 aromatic heterocycles. The van der Waals surface area contributed by atoms with E-state index in [2.05, 4.69) is 41.8 Å². The van der Waals surface area contributed by atoms with Gasteiger partial charge in [0.15, 0.2) is 5.13 Å². The van der Waals surface area contributed by atoms with Crippen molar-refractivity contribution in [1.82, 2.24) is 9.55 Å². The van der Waals surface area contributed by atoms with E-state index in [4.69, 9.17) is 0 Å². The lowest BCUT2D eigenvalue weighted by Gasteiger charge is -2.33. The number of hydrogen-bond donors (Lipinski definition) is 1. The molecule has 1 N–H and O–H groups in total. The first-order chi connectivity index (χ1) is 8.87. The Hall–Kier alpha value is -1.13. The largest absolute Gasteiger partial charge is 0.388 e. The average Bonchev–Trinajstić information content (AvgIpc) is 2.81. The molecule has 3 rings (SSSR count). The summed E-state index contributed by atoms with van der Waals surface area (Å²) in [6.45, 7) is 8.55. The second-order valence-electron chi connectivity index (χ2n) is 6.36. The van der Waals surface area contributed by atoms with Crippen LogP contribution in [0, 0.1) is 19.3 Å². The highest BCUT2D eigenvalue weighted by molar-refractivity contribution is 7.12. The highest BCUT2D eigenvalue weighted by atomic mass is 32.1. The van der Waals surface area contributed by atoms with E-state index < -0.39 is 0 Å². The summed E-state index contributed by atoms with van der Waals surface area (Å²) in [5.41, 5.74) is 4.68. The van der Waals surface area contributed by atoms with Crippen molar-refractivity contribution >= 4 is 11.3 Å². The zero-order valence-corrected chi connectivity index (χ0v) is 12.7. The zero-order valence-electron chi connectivity index (χ0n) is 11.9. The lowest BCUT2D eigenvalue weighted by molar-refractivity contribution is 0.0987. The molecule has 0 aliphatic heterocycles. The quantitative estimate of drug-likeness (QED) is 0.865. The summed E-state index contributed by atoms with van der Waals surface area (Å²) in [7, 11) is 0. The van der Waals surface area contributed by atoms with E-state index in [-0.39, 0.29) is 11.5 Å². The van der Waals surface area contributed by atoms with Crippen LogP contribution < -0.4 is 0 Å². The molecule has 0 saturated carbocycles. The molecule has 0 radical (unpaired) electrons. The molecule has 0 amide bonds. The standard InChI is InChI=1S/C15H20N2OS/c1-9-8-19-14(16-9)17-10(2)5-11-12(17)6-15(3,4)7-13(11)18/h5,8,13,18H,6-7H2,1-4H3. The van der Waals surface area contributed by atoms with Gasteiger partial charge in [-0.05, 0) is 38.2 Å². The fraction of sp³-hybridized carbons (Fsp3) is 0.533. The summed E-state index contributed by atoms with van der Waals surface area (Å²) in [6.07, 6.45) is 1.48. The molecule has 102 valence electrons. The summed E-state index contributed by atoms with van der Waals surface area (Å²) in [5.74, 6) is 0. The zero-order chi connectivity index (χ0) is 13.8. The Morgan fingerprint density at radius 1 is 1.42 bits per heavy atom. The van der Waals surface area contributed by atoms with Crippen LogP contribution in [0.3, 0.4) is 0 Å². The van der Waals surface area contributed by atoms with E-state index in [9.17, 15) is 5.11 Å². The van der Waals surface area contributed by atoms with Gasteiger partial charge in [0.1, 0.15) is 0 Å². The molecule has 2 aromatic rings. The molecule has 0 spiro atoms. The Labute approximate surface area is 117 Å². The van der Waals surface area contributed by atoms with Gasteiger partial charge < -0.3 is 5.11 Å². The minimum atomic E-state index is -0.347. The van der Waals surface area contributed by atoms with Crippen LogP contribution in [0.1, 0.15) is 49.0 Å². The van der Waals surface area contributed by atoms with Crippen LogP contribution in [0.25, 0.3) is 5.13 Å². The van der Waals surface area contributed by atoms with Crippen molar-refractivity contribution in [2.24, 2.45) is 5.41 Å². The topological polar surface area (TPSA) is 38.0 Å². The second kappa shape index (κ2) is 4.18. The van der Waals surface area contributed by atoms with E-state index >= 15 is 0 Å². The molecule has 1 aliphatic rings. The third-order valence-corrected chi connectivity index (χ3v) is 4.81. The van der Waals surface area contributed by atoms with E-state index in [1.165, 1.54) is 5.69 Å². The van der Waals surface area contributed by atoms with Crippen LogP contribution in [-0.4, -0.2) is 14.7 Å². The SMILES string of the molecule is Cc1csc(-n2c(C)cc3c2CC(C)(C)CC3O)n1. The van der Waals surface area contributed by atoms with Crippen molar-refractivity contribution in [3.63, 3.8) is 0 Å². The van der Waals surface area contributed by atoms with Gasteiger partial charge in [-0.2, -0.15) is 0 Å². The van der Waals surface area contributed by atoms with Gasteiger partial charge in [-0.15, -0.1) is 11.3 Å². The Kier molecular flexibility index (Phi) is 2.84. The van der Waals surface area contributed by atoms with Crippen LogP contribution in [-0.2, 0) is 6.42 Å². The average molecular weight is 276 g/mol. The van der Waals surface area contributed by atoms with E-state index in [1.807, 2.05) is 6.92 Å². The number of hydrogen-bond acceptors (Lipinski definition) is 3. The fourth-order valence-electron chi connectivity index (χ4n) is 3.05. The fourth-order valence-corrected chi connectivity index (χ4v) is 3.94. The first-order valence-electron chi connectivity index (χ1n) is 6.69. The Balaban J connectivity index is 2.17. The van der Waals surface area contributed by atoms with E-state index in [1.54, 1.807) is 11.3 Å². The molecule has 4 heteroatoms. The molecule has 1 unspecified atom stereocenters. The lowest BCUT2D eigenvalue weighted by Crippen LogP contribution is -2.26. The molecule has 1 atom stereocenters. The monoisotopic (exact) mass is 276 g/mol. The van der Waals surface area contributed by atoms with Crippen molar-refractivity contribution in [2.45, 2.75) is 46.6 Å². The molecular formula is C15H20N2OS. The summed E-state index contributed by atoms with van der Waals surface area (Å²) in [4.78, 5) is 4.59. The van der Waals surface area contributed by atoms with Crippen LogP contribution in [0.5, 0.6) is 0 Å². The number of aliphatic hydroxyl groups is 1. The number of nitrogens with zero attached hydrogens (tertiary/aromatic N) is 2. The molecule has 19 heavy (non-hydrogen) atoms. The van der Waals surface area contributed by atoms with Crippen molar-refractivity contribution in [1.29, 1.82) is 0 Å². The predicted octanol–water partition coefficient (Wildman–Crippen LogP) is 3.56. The highest BCUT2D eigenvalue weighted by Gasteiger charge is 2.34. The minimum Gasteiger partial charge on any atom is -0.388 e. The predicted molar refractivity (Wildman–Crippen MR) is 78.0 cm³/mol. The van der Waals surface area contributed by atoms with Crippen molar-refractivity contribution in [2.75, 3.05) is 0 Å². The van der Waals surface area contributed by atoms with Gasteiger partial charge in [0.05, 0.1) is 11.8 Å². The maximum Gasteiger partial charge on any atom is 0.194 e. The van der Waals surface area contributed by atoms with Gasteiger partial charge in [-0.3, -0.25) is 4.57 Å². The van der Waals surface area contributed by atoms with Gasteiger partial charge in [0.25, 0.3) is 0 Å². The molecule has 0 bridgehead atoms. The molecule has 1 aliphatic carbocycles. The molecule has 3 nitrogen and oxygen atoms in total. The number of aromatic nitrogens is 2. The summed E-state index contributed by atoms with van der Waals surface area (Å²) in [6, 6.07) is 2.12. The summed E-state index contributed by atoms with van der Waals surface area (Å²) in [5, 5.41) is 13.4. The number of aryl methyl sites for hydroxylation is 2. The number of fused-ring (bicyclic) bond motifs is 1. The number of rotatable bonds is 1. The van der Waals surface area contributed by atoms with Gasteiger partial charge >= 0.3 is 0 Å². The van der Waals surface area contributed by atoms with E-state index in [0.717, 1.165) is 34.9 Å². The second-order valence-corrected chi connectivity index (χ2v) is 7.19. The van der Waals surface area contributed by atoms with Crippen molar-refractivity contribution < 1.29 is 5.11 Å². The lowest BCUT2D eigenvalue weighted by atomic mass is 9.75. The third kappa shape index (κ3) is 2.13. The van der Waals surface area contributed by atoms with Gasteiger partial charge in [0.2, 0.25) is 0 Å². The maximum absolute atomic E-state index is 10.4. The first-order valence-corrected chi connectivity index (χ1v) is 7.57. The Bertz CT molecular complexity index is 624. The molecular weight excluding hydrogens is 256 g/mol. The smallest absolute Gasteiger partial charge is 0.194 e. The number of thiazole rings is 1. The Morgan fingerprint density at radius 3 is 2.79 bits per heavy atom. The normalized spacial score (nSPS) is 21.4. The number of aliphatic hydroxyl groups excluding tert-OH is 1. The molecule has 0 saturated heterocycles. The first kappa shape index (κ1) is 12.9. The van der Waals surface area contributed by atoms with Crippen LogP contribution in [0.4, 0.5) is 0 Å². The summed E-state index contributed by atoms with van der Waals surface area (Å²) >= 11 is 1.67. The molecule has 0 fully saturated rings. The maximum atomic E-state index is 10.4. The van der Waals surface area contributed by atoms with Crippen LogP contribution >= 0.6 is 11.3 Å². The third-order valence-electron chi connectivity index (χ3n) is 3.87.